The first-order valence-corrected chi connectivity index (χ1v) is 5.90. The van der Waals surface area contributed by atoms with E-state index in [1.807, 2.05) is 12.2 Å². The molecule has 4 heteroatoms. The maximum Gasteiger partial charge on any atom is 0.143 e. The highest BCUT2D eigenvalue weighted by atomic mass is 79.9. The summed E-state index contributed by atoms with van der Waals surface area (Å²) in [5, 5.41) is 1.10. The summed E-state index contributed by atoms with van der Waals surface area (Å²) in [5.74, 6) is -0.488. The zero-order valence-corrected chi connectivity index (χ0v) is 10.3. The second kappa shape index (κ2) is 5.74. The first kappa shape index (κ1) is 12.0. The molecule has 0 spiro atoms. The summed E-state index contributed by atoms with van der Waals surface area (Å²) in [6, 6.07) is 3.00. The number of hydrogen-bond donors (Lipinski definition) is 0. The Morgan fingerprint density at radius 2 is 2.07 bits per heavy atom. The van der Waals surface area contributed by atoms with E-state index in [9.17, 15) is 4.39 Å². The predicted molar refractivity (Wildman–Crippen MR) is 63.9 cm³/mol. The van der Waals surface area contributed by atoms with Gasteiger partial charge in [0, 0.05) is 5.33 Å². The van der Waals surface area contributed by atoms with Crippen molar-refractivity contribution in [3.8, 4) is 0 Å². The van der Waals surface area contributed by atoms with Crippen molar-refractivity contribution in [2.45, 2.75) is 6.42 Å². The van der Waals surface area contributed by atoms with E-state index in [4.69, 9.17) is 23.2 Å². The van der Waals surface area contributed by atoms with Gasteiger partial charge in [0.05, 0.1) is 10.0 Å². The lowest BCUT2D eigenvalue weighted by Crippen LogP contribution is -1.81. The van der Waals surface area contributed by atoms with Crippen LogP contribution in [0.2, 0.25) is 10.0 Å². The summed E-state index contributed by atoms with van der Waals surface area (Å²) >= 11 is 14.6. The lowest BCUT2D eigenvalue weighted by atomic mass is 10.2. The Morgan fingerprint density at radius 1 is 1.36 bits per heavy atom. The van der Waals surface area contributed by atoms with Crippen LogP contribution in [0.1, 0.15) is 12.0 Å². The smallest absolute Gasteiger partial charge is 0.143 e. The molecule has 1 rings (SSSR count). The molecule has 0 amide bonds. The van der Waals surface area contributed by atoms with E-state index in [1.165, 1.54) is 6.07 Å². The van der Waals surface area contributed by atoms with Crippen molar-refractivity contribution >= 4 is 45.2 Å². The van der Waals surface area contributed by atoms with Crippen molar-refractivity contribution in [3.05, 3.63) is 39.6 Å². The molecule has 0 bridgehead atoms. The molecule has 0 radical (unpaired) electrons. The molecule has 76 valence electrons. The lowest BCUT2D eigenvalue weighted by molar-refractivity contribution is 0.628. The van der Waals surface area contributed by atoms with Crippen LogP contribution in [0.3, 0.4) is 0 Å². The number of alkyl halides is 1. The number of hydrogen-bond acceptors (Lipinski definition) is 0. The Hall–Kier alpha value is -0.0500. The molecule has 1 aromatic carbocycles. The molecule has 0 aromatic heterocycles. The van der Waals surface area contributed by atoms with Crippen molar-refractivity contribution < 1.29 is 4.39 Å². The third kappa shape index (κ3) is 3.26. The fraction of sp³-hybridized carbons (Fsp3) is 0.200. The topological polar surface area (TPSA) is 0 Å². The van der Waals surface area contributed by atoms with Crippen LogP contribution in [0, 0.1) is 5.82 Å². The quantitative estimate of drug-likeness (QED) is 0.548. The van der Waals surface area contributed by atoms with Gasteiger partial charge in [-0.15, -0.1) is 0 Å². The normalized spacial score (nSPS) is 11.1. The van der Waals surface area contributed by atoms with Crippen LogP contribution in [0.25, 0.3) is 6.08 Å². The third-order valence-corrected chi connectivity index (χ3v) is 2.83. The van der Waals surface area contributed by atoms with Crippen LogP contribution in [0.4, 0.5) is 4.39 Å². The highest BCUT2D eigenvalue weighted by Gasteiger charge is 2.05. The largest absolute Gasteiger partial charge is 0.205 e. The SMILES string of the molecule is Fc1cc(C=CCCBr)cc(Cl)c1Cl. The molecule has 0 unspecified atom stereocenters. The average molecular weight is 298 g/mol. The fourth-order valence-electron chi connectivity index (χ4n) is 0.954. The minimum Gasteiger partial charge on any atom is -0.205 e. The van der Waals surface area contributed by atoms with Gasteiger partial charge < -0.3 is 0 Å². The molecule has 0 heterocycles. The molecule has 1 aromatic rings. The molecule has 14 heavy (non-hydrogen) atoms. The average Bonchev–Trinajstić information content (AvgIpc) is 2.14. The maximum atomic E-state index is 13.1. The highest BCUT2D eigenvalue weighted by Crippen LogP contribution is 2.26. The predicted octanol–water partition coefficient (Wildman–Crippen LogP) is 4.93. The fourth-order valence-corrected chi connectivity index (χ4v) is 1.54. The van der Waals surface area contributed by atoms with Crippen molar-refractivity contribution in [1.82, 2.24) is 0 Å². The number of benzene rings is 1. The Kier molecular flexibility index (Phi) is 4.93. The summed E-state index contributed by atoms with van der Waals surface area (Å²) in [7, 11) is 0. The summed E-state index contributed by atoms with van der Waals surface area (Å²) in [6.07, 6.45) is 4.64. The zero-order chi connectivity index (χ0) is 10.6. The maximum absolute atomic E-state index is 13.1. The highest BCUT2D eigenvalue weighted by molar-refractivity contribution is 9.09. The van der Waals surface area contributed by atoms with Gasteiger partial charge in [-0.3, -0.25) is 0 Å². The molecular formula is C10H8BrCl2F. The monoisotopic (exact) mass is 296 g/mol. The zero-order valence-electron chi connectivity index (χ0n) is 7.24. The Balaban J connectivity index is 2.89. The van der Waals surface area contributed by atoms with Crippen molar-refractivity contribution in [3.63, 3.8) is 0 Å². The van der Waals surface area contributed by atoms with Gasteiger partial charge in [0.1, 0.15) is 5.82 Å². The van der Waals surface area contributed by atoms with Crippen molar-refractivity contribution in [2.24, 2.45) is 0 Å². The summed E-state index contributed by atoms with van der Waals surface area (Å²) in [5.41, 5.74) is 0.720. The lowest BCUT2D eigenvalue weighted by Gasteiger charge is -1.99. The minimum absolute atomic E-state index is 0.0238. The molecule has 0 aliphatic rings. The van der Waals surface area contributed by atoms with Gasteiger partial charge in [0.25, 0.3) is 0 Å². The van der Waals surface area contributed by atoms with Gasteiger partial charge >= 0.3 is 0 Å². The molecule has 0 nitrogen and oxygen atoms in total. The Labute approximate surface area is 101 Å². The summed E-state index contributed by atoms with van der Waals surface area (Å²) in [4.78, 5) is 0. The summed E-state index contributed by atoms with van der Waals surface area (Å²) in [6.45, 7) is 0. The van der Waals surface area contributed by atoms with Gasteiger partial charge in [0.2, 0.25) is 0 Å². The molecule has 0 aliphatic heterocycles. The van der Waals surface area contributed by atoms with E-state index < -0.39 is 5.82 Å². The van der Waals surface area contributed by atoms with Crippen LogP contribution in [-0.2, 0) is 0 Å². The molecule has 0 N–H and O–H groups in total. The van der Waals surface area contributed by atoms with E-state index in [0.29, 0.717) is 0 Å². The first-order chi connectivity index (χ1) is 6.65. The molecule has 0 atom stereocenters. The van der Waals surface area contributed by atoms with Crippen LogP contribution in [0.5, 0.6) is 0 Å². The number of halogens is 4. The van der Waals surface area contributed by atoms with E-state index in [-0.39, 0.29) is 10.0 Å². The van der Waals surface area contributed by atoms with E-state index in [1.54, 1.807) is 6.07 Å². The summed E-state index contributed by atoms with van der Waals surface area (Å²) < 4.78 is 13.1. The van der Waals surface area contributed by atoms with Crippen LogP contribution < -0.4 is 0 Å². The number of allylic oxidation sites excluding steroid dienone is 1. The standard InChI is InChI=1S/C10H8BrCl2F/c11-4-2-1-3-7-5-8(12)10(13)9(14)6-7/h1,3,5-6H,2,4H2. The van der Waals surface area contributed by atoms with E-state index >= 15 is 0 Å². The van der Waals surface area contributed by atoms with Crippen LogP contribution in [-0.4, -0.2) is 5.33 Å². The van der Waals surface area contributed by atoms with Crippen molar-refractivity contribution in [1.29, 1.82) is 0 Å². The Bertz CT molecular complexity index is 327. The molecular weight excluding hydrogens is 290 g/mol. The van der Waals surface area contributed by atoms with Gasteiger partial charge in [-0.05, 0) is 24.1 Å². The van der Waals surface area contributed by atoms with Gasteiger partial charge in [-0.1, -0.05) is 51.3 Å². The third-order valence-electron chi connectivity index (χ3n) is 1.59. The molecule has 0 aliphatic carbocycles. The first-order valence-electron chi connectivity index (χ1n) is 4.02. The van der Waals surface area contributed by atoms with Gasteiger partial charge in [-0.25, -0.2) is 4.39 Å². The number of rotatable bonds is 3. The van der Waals surface area contributed by atoms with Crippen molar-refractivity contribution in [2.75, 3.05) is 5.33 Å². The molecule has 0 saturated heterocycles. The Morgan fingerprint density at radius 3 is 2.64 bits per heavy atom. The van der Waals surface area contributed by atoms with Crippen LogP contribution in [0.15, 0.2) is 18.2 Å². The van der Waals surface area contributed by atoms with E-state index in [0.717, 1.165) is 17.3 Å². The van der Waals surface area contributed by atoms with Gasteiger partial charge in [-0.2, -0.15) is 0 Å². The van der Waals surface area contributed by atoms with Crippen LogP contribution >= 0.6 is 39.1 Å². The molecule has 0 fully saturated rings. The molecule has 0 saturated carbocycles. The minimum atomic E-state index is -0.488. The van der Waals surface area contributed by atoms with Gasteiger partial charge in [0.15, 0.2) is 0 Å². The second-order valence-corrected chi connectivity index (χ2v) is 4.26. The second-order valence-electron chi connectivity index (χ2n) is 2.68. The van der Waals surface area contributed by atoms with E-state index in [2.05, 4.69) is 15.9 Å².